The number of esters is 1. The topological polar surface area (TPSA) is 82.1 Å². The van der Waals surface area contributed by atoms with Gasteiger partial charge in [0.15, 0.2) is 5.78 Å². The van der Waals surface area contributed by atoms with Crippen LogP contribution in [-0.2, 0) is 23.4 Å². The summed E-state index contributed by atoms with van der Waals surface area (Å²) in [4.78, 5) is 29.0. The number of cyclic esters (lactones) is 1. The van der Waals surface area contributed by atoms with E-state index in [1.165, 1.54) is 0 Å². The number of fused-ring (bicyclic) bond motifs is 3. The molecule has 2 fully saturated rings. The number of carbonyl (C=O) groups excluding carboxylic acids is 2. The first kappa shape index (κ1) is 52.7. The van der Waals surface area contributed by atoms with Crippen molar-refractivity contribution in [3.8, 4) is 0 Å². The second kappa shape index (κ2) is 22.8. The fourth-order valence-electron chi connectivity index (χ4n) is 6.87. The van der Waals surface area contributed by atoms with Gasteiger partial charge in [0, 0.05) is 38.2 Å². The smallest absolute Gasteiger partial charge is 0.317 e. The first-order valence-corrected chi connectivity index (χ1v) is 55.2. The summed E-state index contributed by atoms with van der Waals surface area (Å²) in [6.07, 6.45) is 2.23. The molecule has 3 aliphatic rings. The van der Waals surface area contributed by atoms with Crippen molar-refractivity contribution in [2.75, 3.05) is 0 Å². The minimum Gasteiger partial charge on any atom is -0.461 e. The Morgan fingerprint density at radius 2 is 1.44 bits per heavy atom. The number of carbonyl (C=O) groups is 2. The molecule has 6 nitrogen and oxygen atoms in total. The Kier molecular flexibility index (Phi) is 24.1. The lowest BCUT2D eigenvalue weighted by molar-refractivity contribution is -0.168. The van der Waals surface area contributed by atoms with Crippen LogP contribution >= 0.6 is 186 Å². The lowest BCUT2D eigenvalue weighted by Gasteiger charge is -2.56. The first-order chi connectivity index (χ1) is 23.0. The highest BCUT2D eigenvalue weighted by Crippen LogP contribution is 3.18. The fourth-order valence-corrected chi connectivity index (χ4v) is 169. The molecule has 1 saturated carbocycles. The minimum atomic E-state index is -1.86. The molecule has 0 radical (unpaired) electrons. The molecule has 3 rings (SSSR count). The molecule has 22 unspecified atom stereocenters. The van der Waals surface area contributed by atoms with Crippen LogP contribution in [0.1, 0.15) is 53.4 Å². The Bertz CT molecular complexity index is 1260. The molecule has 1 N–H and O–H groups in total. The normalized spacial score (nSPS) is 32.7. The molecule has 0 amide bonds. The average Bonchev–Trinajstić information content (AvgIpc) is 3.23. The van der Waals surface area contributed by atoms with Crippen LogP contribution in [-0.4, -0.2) is 40.8 Å². The zero-order valence-electron chi connectivity index (χ0n) is 28.3. The van der Waals surface area contributed by atoms with Crippen molar-refractivity contribution < 1.29 is 28.5 Å². The lowest BCUT2D eigenvalue weighted by atomic mass is 9.51. The van der Waals surface area contributed by atoms with Gasteiger partial charge in [-0.1, -0.05) is 43.7 Å². The Labute approximate surface area is 341 Å². The third-order valence-corrected chi connectivity index (χ3v) is 127. The SMILES string of the molecule is C=CCCC1OC(=O)C2C(=O)C3(O)CC(OP(P(P)P(P)P)P(P(P)P)P(P)P)C(C)=C(C(OP(P(P)P)P(PP)P(P)P)C[C@]12C)C3(C)C. The Morgan fingerprint density at radius 1 is 0.880 bits per heavy atom. The van der Waals surface area contributed by atoms with E-state index in [0.29, 0.717) is 27.2 Å². The minimum absolute atomic E-state index is 0.105. The highest BCUT2D eigenvalue weighted by atomic mass is 33.2. The summed E-state index contributed by atoms with van der Waals surface area (Å²) in [6.45, 7) is 8.23. The summed E-state index contributed by atoms with van der Waals surface area (Å²) in [6, 6.07) is 0. The van der Waals surface area contributed by atoms with E-state index in [1.54, 1.807) is 0 Å². The molecule has 0 aromatic rings. The summed E-state index contributed by atoms with van der Waals surface area (Å²) >= 11 is 0. The summed E-state index contributed by atoms with van der Waals surface area (Å²) in [5.74, 6) is -2.05. The van der Waals surface area contributed by atoms with Gasteiger partial charge in [0.05, 0.1) is 27.3 Å². The molecule has 1 heterocycles. The van der Waals surface area contributed by atoms with Crippen molar-refractivity contribution in [2.45, 2.75) is 77.3 Å². The third kappa shape index (κ3) is 11.7. The molecule has 29 heteroatoms. The molecule has 288 valence electrons. The van der Waals surface area contributed by atoms with Crippen molar-refractivity contribution in [1.29, 1.82) is 0 Å². The number of hydrogen-bond acceptors (Lipinski definition) is 6. The zero-order valence-corrected chi connectivity index (χ0v) is 52.1. The van der Waals surface area contributed by atoms with Gasteiger partial charge in [0.25, 0.3) is 0 Å². The van der Waals surface area contributed by atoms with Crippen LogP contribution in [0.15, 0.2) is 23.8 Å². The van der Waals surface area contributed by atoms with E-state index < -0.39 is 123 Å². The fraction of sp³-hybridized carbons (Fsp3) is 0.714. The van der Waals surface area contributed by atoms with E-state index in [1.807, 2.05) is 26.8 Å². The first-order valence-electron chi connectivity index (χ1n) is 14.8. The molecule has 1 aliphatic heterocycles. The molecule has 1 saturated heterocycles. The van der Waals surface area contributed by atoms with Gasteiger partial charge in [0.1, 0.15) is 17.6 Å². The van der Waals surface area contributed by atoms with Crippen molar-refractivity contribution in [2.24, 2.45) is 16.7 Å². The van der Waals surface area contributed by atoms with Gasteiger partial charge < -0.3 is 18.9 Å². The van der Waals surface area contributed by atoms with Crippen LogP contribution in [0.3, 0.4) is 0 Å². The standard InChI is InChI=1S/C21H53O6P23/c1-6-7-8-14-20(5)9-13(27-41(43(29)30)49(40-28)45(33)34)15-11(2)12(26-42(48(39)44(31)32)50(46(35)36)47(37)38)10-21(24,19(15,3)4)17(22)16(20)18(23)25-14/h6,12-14,16,24,40H,1,7-10,28-39H2,2-5H3/t12?,13?,14?,16?,20-,21?,41?,42?,48?,49?/m1/s1. The second-order valence-corrected chi connectivity index (χ2v) is 96.0. The number of rotatable bonds is 16. The Hall–Kier alpha value is 8.39. The van der Waals surface area contributed by atoms with Gasteiger partial charge in [-0.3, -0.25) is 9.59 Å². The van der Waals surface area contributed by atoms with E-state index in [4.69, 9.17) is 13.8 Å². The number of ether oxygens (including phenoxy) is 1. The van der Waals surface area contributed by atoms with Crippen LogP contribution in [0.5, 0.6) is 0 Å². The quantitative estimate of drug-likeness (QED) is 0.0718. The maximum Gasteiger partial charge on any atom is 0.317 e. The van der Waals surface area contributed by atoms with Gasteiger partial charge in [-0.25, -0.2) is 0 Å². The number of hydrogen-bond donors (Lipinski definition) is 1. The van der Waals surface area contributed by atoms with E-state index in [0.717, 1.165) is 11.1 Å². The number of ketones is 1. The summed E-state index contributed by atoms with van der Waals surface area (Å²) in [5, 5.41) is 13.1. The molecule has 2 aliphatic carbocycles. The van der Waals surface area contributed by atoms with Crippen molar-refractivity contribution >= 4 is 198 Å². The highest BCUT2D eigenvalue weighted by molar-refractivity contribution is 9.19. The van der Waals surface area contributed by atoms with Crippen LogP contribution in [0, 0.1) is 16.7 Å². The van der Waals surface area contributed by atoms with Gasteiger partial charge in [-0.2, -0.15) is 0 Å². The van der Waals surface area contributed by atoms with Crippen molar-refractivity contribution in [3.05, 3.63) is 23.8 Å². The predicted molar refractivity (Wildman–Crippen MR) is 290 cm³/mol. The average molecular weight is 1110 g/mol. The van der Waals surface area contributed by atoms with E-state index >= 15 is 4.79 Å². The van der Waals surface area contributed by atoms with Crippen molar-refractivity contribution in [1.82, 2.24) is 0 Å². The molecule has 0 aromatic heterocycles. The number of aliphatic hydroxyl groups is 1. The largest absolute Gasteiger partial charge is 0.461 e. The number of allylic oxidation sites excluding steroid dienone is 1. The molecule has 2 bridgehead atoms. The summed E-state index contributed by atoms with van der Waals surface area (Å²) < 4.78 is 21.1. The molecule has 50 heavy (non-hydrogen) atoms. The molecule has 0 aromatic carbocycles. The van der Waals surface area contributed by atoms with Crippen LogP contribution < -0.4 is 0 Å². The van der Waals surface area contributed by atoms with E-state index in [2.05, 4.69) is 121 Å². The summed E-state index contributed by atoms with van der Waals surface area (Å²) in [7, 11) is 35.5. The molecular formula is C21H53O6P23. The lowest BCUT2D eigenvalue weighted by Crippen LogP contribution is -2.64. The number of Topliss-reactive ketones (excluding diaryl/α,β-unsaturated/α-hetero) is 1. The van der Waals surface area contributed by atoms with Gasteiger partial charge >= 0.3 is 5.97 Å². The molecule has 0 spiro atoms. The van der Waals surface area contributed by atoms with Crippen LogP contribution in [0.2, 0.25) is 0 Å². The molecule has 23 atom stereocenters. The maximum absolute atomic E-state index is 15.1. The van der Waals surface area contributed by atoms with Gasteiger partial charge in [-0.15, -0.1) is 105 Å². The summed E-state index contributed by atoms with van der Waals surface area (Å²) in [5.41, 5.74) is -1.68. The monoisotopic (exact) mass is 1110 g/mol. The van der Waals surface area contributed by atoms with Crippen LogP contribution in [0.4, 0.5) is 0 Å². The van der Waals surface area contributed by atoms with Crippen LogP contribution in [0.25, 0.3) is 0 Å². The van der Waals surface area contributed by atoms with E-state index in [-0.39, 0.29) is 6.42 Å². The van der Waals surface area contributed by atoms with Crippen molar-refractivity contribution in [3.63, 3.8) is 0 Å². The van der Waals surface area contributed by atoms with Gasteiger partial charge in [-0.05, 0) is 72.3 Å². The predicted octanol–water partition coefficient (Wildman–Crippen LogP) is 15.8. The van der Waals surface area contributed by atoms with E-state index in [9.17, 15) is 9.90 Å². The maximum atomic E-state index is 15.1. The van der Waals surface area contributed by atoms with Gasteiger partial charge in [0.2, 0.25) is 0 Å². The molecular weight excluding hydrogens is 1060 g/mol. The third-order valence-electron chi connectivity index (χ3n) is 9.35. The highest BCUT2D eigenvalue weighted by Gasteiger charge is 2.69. The second-order valence-electron chi connectivity index (χ2n) is 12.7. The zero-order chi connectivity index (χ0) is 38.3. The Balaban J connectivity index is 2.37. The Morgan fingerprint density at radius 3 is 1.90 bits per heavy atom.